The lowest BCUT2D eigenvalue weighted by molar-refractivity contribution is -0.132. The van der Waals surface area contributed by atoms with Crippen molar-refractivity contribution in [1.82, 2.24) is 15.1 Å². The lowest BCUT2D eigenvalue weighted by atomic mass is 9.99. The van der Waals surface area contributed by atoms with Gasteiger partial charge in [-0.3, -0.25) is 24.1 Å². The predicted octanol–water partition coefficient (Wildman–Crippen LogP) is 0.800. The number of carbonyl (C=O) groups excluding carboxylic acids is 4. The number of rotatable bonds is 3. The molecule has 3 heterocycles. The van der Waals surface area contributed by atoms with Crippen molar-refractivity contribution in [1.29, 1.82) is 0 Å². The van der Waals surface area contributed by atoms with Crippen LogP contribution in [0.15, 0.2) is 24.3 Å². The van der Waals surface area contributed by atoms with Gasteiger partial charge in [-0.2, -0.15) is 0 Å². The Balaban J connectivity index is 1.41. The van der Waals surface area contributed by atoms with Crippen LogP contribution in [-0.4, -0.2) is 59.1 Å². The van der Waals surface area contributed by atoms with Crippen molar-refractivity contribution >= 4 is 23.6 Å². The van der Waals surface area contributed by atoms with Crippen LogP contribution in [0.5, 0.6) is 0 Å². The summed E-state index contributed by atoms with van der Waals surface area (Å²) in [5.74, 6) is -0.935. The van der Waals surface area contributed by atoms with E-state index in [9.17, 15) is 19.2 Å². The molecule has 2 unspecified atom stereocenters. The molecule has 0 aromatic heterocycles. The molecule has 3 aliphatic rings. The highest BCUT2D eigenvalue weighted by Crippen LogP contribution is 2.24. The van der Waals surface area contributed by atoms with Crippen LogP contribution in [0.2, 0.25) is 0 Å². The lowest BCUT2D eigenvalue weighted by Gasteiger charge is -2.28. The minimum absolute atomic E-state index is 0.00162. The highest BCUT2D eigenvalue weighted by molar-refractivity contribution is 6.21. The first kappa shape index (κ1) is 16.8. The number of hydrogen-bond donors (Lipinski definition) is 1. The van der Waals surface area contributed by atoms with Crippen molar-refractivity contribution in [3.05, 3.63) is 35.4 Å². The van der Waals surface area contributed by atoms with E-state index in [1.54, 1.807) is 29.2 Å². The molecule has 4 amide bonds. The van der Waals surface area contributed by atoms with Crippen molar-refractivity contribution in [2.45, 2.75) is 31.7 Å². The fourth-order valence-corrected chi connectivity index (χ4v) is 4.06. The summed E-state index contributed by atoms with van der Waals surface area (Å²) in [6.45, 7) is 0.991. The molecule has 1 aromatic rings. The van der Waals surface area contributed by atoms with E-state index in [0.717, 1.165) is 24.2 Å². The average molecular weight is 355 g/mol. The number of likely N-dealkylation sites (tertiary alicyclic amines) is 1. The fraction of sp³-hybridized carbons (Fsp3) is 0.474. The van der Waals surface area contributed by atoms with Gasteiger partial charge in [-0.15, -0.1) is 0 Å². The molecule has 2 fully saturated rings. The molecule has 2 atom stereocenters. The van der Waals surface area contributed by atoms with Gasteiger partial charge in [0.1, 0.15) is 0 Å². The van der Waals surface area contributed by atoms with Gasteiger partial charge >= 0.3 is 0 Å². The van der Waals surface area contributed by atoms with E-state index >= 15 is 0 Å². The first-order valence-corrected chi connectivity index (χ1v) is 9.08. The van der Waals surface area contributed by atoms with Crippen LogP contribution >= 0.6 is 0 Å². The van der Waals surface area contributed by atoms with E-state index < -0.39 is 0 Å². The molecule has 7 nitrogen and oxygen atoms in total. The third kappa shape index (κ3) is 2.87. The lowest BCUT2D eigenvalue weighted by Crippen LogP contribution is -2.43. The summed E-state index contributed by atoms with van der Waals surface area (Å²) in [6.07, 6.45) is 2.75. The molecule has 0 radical (unpaired) electrons. The highest BCUT2D eigenvalue weighted by Gasteiger charge is 2.37. The van der Waals surface area contributed by atoms with Gasteiger partial charge in [0.25, 0.3) is 11.8 Å². The van der Waals surface area contributed by atoms with Crippen molar-refractivity contribution in [2.24, 2.45) is 5.92 Å². The average Bonchev–Trinajstić information content (AvgIpc) is 2.76. The number of amides is 4. The van der Waals surface area contributed by atoms with E-state index in [2.05, 4.69) is 5.32 Å². The zero-order valence-corrected chi connectivity index (χ0v) is 14.4. The molecule has 136 valence electrons. The van der Waals surface area contributed by atoms with Crippen molar-refractivity contribution in [3.8, 4) is 0 Å². The van der Waals surface area contributed by atoms with Crippen LogP contribution < -0.4 is 5.32 Å². The summed E-state index contributed by atoms with van der Waals surface area (Å²) in [6, 6.07) is 6.70. The normalized spacial score (nSPS) is 25.0. The van der Waals surface area contributed by atoms with E-state index in [4.69, 9.17) is 0 Å². The van der Waals surface area contributed by atoms with Crippen LogP contribution in [0.1, 0.15) is 46.4 Å². The zero-order valence-electron chi connectivity index (χ0n) is 14.4. The van der Waals surface area contributed by atoms with Crippen LogP contribution in [0.25, 0.3) is 0 Å². The molecule has 4 rings (SSSR count). The van der Waals surface area contributed by atoms with Crippen molar-refractivity contribution in [3.63, 3.8) is 0 Å². The topological polar surface area (TPSA) is 86.8 Å². The number of nitrogens with one attached hydrogen (secondary N) is 1. The Hall–Kier alpha value is -2.70. The molecule has 7 heteroatoms. The summed E-state index contributed by atoms with van der Waals surface area (Å²) in [4.78, 5) is 52.4. The summed E-state index contributed by atoms with van der Waals surface area (Å²) < 4.78 is 0. The molecule has 0 saturated carbocycles. The maximum Gasteiger partial charge on any atom is 0.261 e. The Morgan fingerprint density at radius 3 is 2.42 bits per heavy atom. The molecule has 0 aliphatic carbocycles. The quantitative estimate of drug-likeness (QED) is 0.813. The van der Waals surface area contributed by atoms with Gasteiger partial charge in [-0.05, 0) is 25.0 Å². The van der Waals surface area contributed by atoms with Gasteiger partial charge in [0.05, 0.1) is 17.0 Å². The molecule has 3 aliphatic heterocycles. The minimum Gasteiger partial charge on any atom is -0.351 e. The standard InChI is InChI=1S/C19H21N3O4/c23-16(21-10-12-4-3-5-13(11-21)20-17(12)24)8-9-22-18(25)14-6-1-2-7-15(14)19(22)26/h1-2,6-7,12-13H,3-5,8-11H2,(H,20,24). The van der Waals surface area contributed by atoms with Gasteiger partial charge in [-0.1, -0.05) is 18.6 Å². The molecule has 2 bridgehead atoms. The molecule has 0 spiro atoms. The van der Waals surface area contributed by atoms with Gasteiger partial charge in [0.2, 0.25) is 11.8 Å². The predicted molar refractivity (Wildman–Crippen MR) is 92.3 cm³/mol. The third-order valence-corrected chi connectivity index (χ3v) is 5.48. The number of nitrogens with zero attached hydrogens (tertiary/aromatic N) is 2. The molecular weight excluding hydrogens is 334 g/mol. The molecule has 1 N–H and O–H groups in total. The highest BCUT2D eigenvalue weighted by atomic mass is 16.2. The maximum atomic E-state index is 12.7. The summed E-state index contributed by atoms with van der Waals surface area (Å²) in [5.41, 5.74) is 0.785. The Kier molecular flexibility index (Phi) is 4.22. The summed E-state index contributed by atoms with van der Waals surface area (Å²) in [5, 5.41) is 3.00. The molecule has 26 heavy (non-hydrogen) atoms. The second-order valence-corrected chi connectivity index (χ2v) is 7.19. The Morgan fingerprint density at radius 1 is 1.04 bits per heavy atom. The zero-order chi connectivity index (χ0) is 18.3. The van der Waals surface area contributed by atoms with Gasteiger partial charge in [-0.25, -0.2) is 0 Å². The maximum absolute atomic E-state index is 12.7. The molecule has 1 aromatic carbocycles. The largest absolute Gasteiger partial charge is 0.351 e. The van der Waals surface area contributed by atoms with Crippen LogP contribution in [0, 0.1) is 5.92 Å². The third-order valence-electron chi connectivity index (χ3n) is 5.48. The van der Waals surface area contributed by atoms with E-state index in [0.29, 0.717) is 24.2 Å². The number of imide groups is 1. The SMILES string of the molecule is O=C1NC2CCCC1CN(C(=O)CCN1C(=O)c3ccccc3C1=O)C2. The Labute approximate surface area is 151 Å². The molecular formula is C19H21N3O4. The second kappa shape index (κ2) is 6.55. The number of carbonyl (C=O) groups is 4. The number of fused-ring (bicyclic) bond motifs is 4. The second-order valence-electron chi connectivity index (χ2n) is 7.19. The van der Waals surface area contributed by atoms with Crippen LogP contribution in [-0.2, 0) is 9.59 Å². The van der Waals surface area contributed by atoms with Crippen LogP contribution in [0.4, 0.5) is 0 Å². The molecule has 2 saturated heterocycles. The van der Waals surface area contributed by atoms with E-state index in [1.807, 2.05) is 0 Å². The minimum atomic E-state index is -0.344. The number of benzene rings is 1. The van der Waals surface area contributed by atoms with E-state index in [-0.39, 0.29) is 48.6 Å². The van der Waals surface area contributed by atoms with Crippen molar-refractivity contribution < 1.29 is 19.2 Å². The van der Waals surface area contributed by atoms with Gasteiger partial charge in [0, 0.05) is 32.1 Å². The first-order valence-electron chi connectivity index (χ1n) is 9.08. The monoisotopic (exact) mass is 355 g/mol. The van der Waals surface area contributed by atoms with Gasteiger partial charge in [0.15, 0.2) is 0 Å². The smallest absolute Gasteiger partial charge is 0.261 e. The van der Waals surface area contributed by atoms with Crippen LogP contribution in [0.3, 0.4) is 0 Å². The Morgan fingerprint density at radius 2 is 1.73 bits per heavy atom. The van der Waals surface area contributed by atoms with Crippen molar-refractivity contribution in [2.75, 3.05) is 19.6 Å². The number of hydrogen-bond acceptors (Lipinski definition) is 4. The Bertz CT molecular complexity index is 756. The summed E-state index contributed by atoms with van der Waals surface area (Å²) >= 11 is 0. The van der Waals surface area contributed by atoms with Gasteiger partial charge < -0.3 is 10.2 Å². The fourth-order valence-electron chi connectivity index (χ4n) is 4.06. The first-order chi connectivity index (χ1) is 12.5. The summed E-state index contributed by atoms with van der Waals surface area (Å²) in [7, 11) is 0. The van der Waals surface area contributed by atoms with E-state index in [1.165, 1.54) is 0 Å².